The van der Waals surface area contributed by atoms with Crippen molar-refractivity contribution in [1.82, 2.24) is 9.97 Å². The molecule has 36 heavy (non-hydrogen) atoms. The summed E-state index contributed by atoms with van der Waals surface area (Å²) in [6.07, 6.45) is 3.59. The second kappa shape index (κ2) is 12.9. The average Bonchev–Trinajstić information content (AvgIpc) is 2.95. The summed E-state index contributed by atoms with van der Waals surface area (Å²) in [5.74, 6) is 0. The van der Waals surface area contributed by atoms with E-state index in [9.17, 15) is 0 Å². The zero-order valence-corrected chi connectivity index (χ0v) is 21.8. The third kappa shape index (κ3) is 6.38. The van der Waals surface area contributed by atoms with Gasteiger partial charge in [0.25, 0.3) is 0 Å². The minimum absolute atomic E-state index is 0. The van der Waals surface area contributed by atoms with Crippen LogP contribution >= 0.6 is 0 Å². The Morgan fingerprint density at radius 2 is 1.67 bits per heavy atom. The standard InChI is InChI=1S/C20H12N3.C11H8N.Ir/c1-14-13-23-20(11-18(14)16-6-4-3-5-7-16)17-9-8-15(12-21)10-19(17)22-2;1-2-6-10(7-3-1)11-8-4-5-9-12-11;/h3-8,10-11,13H,1H3;1-6,8-9H;/q2*-1;. The Morgan fingerprint density at radius 3 is 2.33 bits per heavy atom. The Hall–Kier alpha value is -4.41. The first-order valence-electron chi connectivity index (χ1n) is 10.9. The van der Waals surface area contributed by atoms with Gasteiger partial charge in [0.1, 0.15) is 6.57 Å². The first-order chi connectivity index (χ1) is 17.2. The zero-order chi connectivity index (χ0) is 24.5. The first kappa shape index (κ1) is 26.2. The third-order valence-electron chi connectivity index (χ3n) is 5.26. The van der Waals surface area contributed by atoms with E-state index < -0.39 is 0 Å². The van der Waals surface area contributed by atoms with Gasteiger partial charge in [0, 0.05) is 38.6 Å². The number of benzene rings is 3. The number of nitrogens with zero attached hydrogens (tertiary/aromatic N) is 4. The van der Waals surface area contributed by atoms with Gasteiger partial charge in [-0.2, -0.15) is 4.85 Å². The van der Waals surface area contributed by atoms with E-state index in [-0.39, 0.29) is 20.1 Å². The maximum absolute atomic E-state index is 8.96. The fourth-order valence-corrected chi connectivity index (χ4v) is 3.51. The van der Waals surface area contributed by atoms with Crippen LogP contribution < -0.4 is 0 Å². The predicted molar refractivity (Wildman–Crippen MR) is 138 cm³/mol. The molecule has 4 nitrogen and oxygen atoms in total. The van der Waals surface area contributed by atoms with E-state index in [4.69, 9.17) is 11.8 Å². The molecule has 1 radical (unpaired) electrons. The third-order valence-corrected chi connectivity index (χ3v) is 5.26. The number of aromatic nitrogens is 2. The molecule has 0 amide bonds. The smallest absolute Gasteiger partial charge is 0.236 e. The molecule has 0 saturated carbocycles. The zero-order valence-electron chi connectivity index (χ0n) is 19.4. The van der Waals surface area contributed by atoms with E-state index in [1.807, 2.05) is 91.9 Å². The molecular formula is C31H20IrN4-2. The summed E-state index contributed by atoms with van der Waals surface area (Å²) in [7, 11) is 0. The fourth-order valence-electron chi connectivity index (χ4n) is 3.51. The van der Waals surface area contributed by atoms with Crippen LogP contribution in [-0.4, -0.2) is 9.97 Å². The molecular weight excluding hydrogens is 621 g/mol. The van der Waals surface area contributed by atoms with Crippen molar-refractivity contribution in [2.45, 2.75) is 6.92 Å². The van der Waals surface area contributed by atoms with E-state index in [2.05, 4.69) is 26.9 Å². The molecule has 175 valence electrons. The summed E-state index contributed by atoms with van der Waals surface area (Å²) in [5.41, 5.74) is 7.38. The molecule has 0 spiro atoms. The number of hydrogen-bond donors (Lipinski definition) is 0. The molecule has 0 N–H and O–H groups in total. The van der Waals surface area contributed by atoms with E-state index in [0.717, 1.165) is 27.9 Å². The summed E-state index contributed by atoms with van der Waals surface area (Å²) in [6.45, 7) is 9.34. The quantitative estimate of drug-likeness (QED) is 0.192. The molecule has 5 heteroatoms. The normalized spacial score (nSPS) is 9.53. The van der Waals surface area contributed by atoms with Crippen molar-refractivity contribution in [2.75, 3.05) is 0 Å². The fraction of sp³-hybridized carbons (Fsp3) is 0.0323. The second-order valence-electron chi connectivity index (χ2n) is 7.61. The van der Waals surface area contributed by atoms with Gasteiger partial charge in [-0.15, -0.1) is 48.0 Å². The van der Waals surface area contributed by atoms with Gasteiger partial charge in [0.2, 0.25) is 5.69 Å². The van der Waals surface area contributed by atoms with Gasteiger partial charge in [-0.3, -0.25) is 0 Å². The maximum atomic E-state index is 8.96. The van der Waals surface area contributed by atoms with Gasteiger partial charge in [-0.05, 0) is 58.3 Å². The number of aryl methyl sites for hydroxylation is 1. The van der Waals surface area contributed by atoms with Crippen LogP contribution in [0.15, 0.2) is 103 Å². The average molecular weight is 641 g/mol. The number of hydrogen-bond acceptors (Lipinski definition) is 3. The largest absolute Gasteiger partial charge is 0.305 e. The SMILES string of the molecule is [C-]#[N+]c1cc(C#N)c[c-]c1-c1cc(-c2ccccc2)c(C)cn1.[Ir].[c-]1ccccc1-c1ccccn1. The molecule has 3 aromatic carbocycles. The molecule has 5 rings (SSSR count). The molecule has 0 aliphatic carbocycles. The van der Waals surface area contributed by atoms with Crippen molar-refractivity contribution in [3.05, 3.63) is 138 Å². The van der Waals surface area contributed by atoms with Crippen molar-refractivity contribution in [1.29, 1.82) is 5.26 Å². The Labute approximate surface area is 225 Å². The summed E-state index contributed by atoms with van der Waals surface area (Å²) in [6, 6.07) is 37.1. The van der Waals surface area contributed by atoms with Crippen LogP contribution in [0.2, 0.25) is 0 Å². The summed E-state index contributed by atoms with van der Waals surface area (Å²) in [5, 5.41) is 8.96. The molecule has 2 aromatic heterocycles. The summed E-state index contributed by atoms with van der Waals surface area (Å²) >= 11 is 0. The number of pyridine rings is 2. The molecule has 2 heterocycles. The predicted octanol–water partition coefficient (Wildman–Crippen LogP) is 7.49. The van der Waals surface area contributed by atoms with Crippen LogP contribution in [0.4, 0.5) is 5.69 Å². The van der Waals surface area contributed by atoms with Gasteiger partial charge in [0.15, 0.2) is 0 Å². The van der Waals surface area contributed by atoms with Gasteiger partial charge < -0.3 is 9.97 Å². The van der Waals surface area contributed by atoms with Crippen LogP contribution in [0, 0.1) is 37.0 Å². The van der Waals surface area contributed by atoms with E-state index >= 15 is 0 Å². The van der Waals surface area contributed by atoms with Crippen LogP contribution in [0.1, 0.15) is 11.1 Å². The molecule has 0 aliphatic rings. The van der Waals surface area contributed by atoms with Crippen molar-refractivity contribution in [3.63, 3.8) is 0 Å². The minimum Gasteiger partial charge on any atom is -0.305 e. The Bertz CT molecular complexity index is 1470. The Morgan fingerprint density at radius 1 is 0.889 bits per heavy atom. The molecule has 0 bridgehead atoms. The molecule has 0 saturated heterocycles. The molecule has 0 fully saturated rings. The second-order valence-corrected chi connectivity index (χ2v) is 7.61. The van der Waals surface area contributed by atoms with E-state index in [0.29, 0.717) is 22.5 Å². The first-order valence-corrected chi connectivity index (χ1v) is 10.9. The number of nitriles is 1. The summed E-state index contributed by atoms with van der Waals surface area (Å²) < 4.78 is 0. The number of rotatable bonds is 3. The monoisotopic (exact) mass is 641 g/mol. The van der Waals surface area contributed by atoms with Crippen molar-refractivity contribution >= 4 is 5.69 Å². The topological polar surface area (TPSA) is 53.9 Å². The van der Waals surface area contributed by atoms with Crippen LogP contribution in [0.3, 0.4) is 0 Å². The van der Waals surface area contributed by atoms with Crippen LogP contribution in [0.25, 0.3) is 38.5 Å². The van der Waals surface area contributed by atoms with Crippen molar-refractivity contribution in [3.8, 4) is 39.7 Å². The van der Waals surface area contributed by atoms with Crippen LogP contribution in [-0.2, 0) is 20.1 Å². The van der Waals surface area contributed by atoms with Gasteiger partial charge in [-0.25, -0.2) is 5.26 Å². The molecule has 0 aliphatic heterocycles. The van der Waals surface area contributed by atoms with E-state index in [1.54, 1.807) is 24.5 Å². The van der Waals surface area contributed by atoms with Crippen molar-refractivity contribution in [2.24, 2.45) is 0 Å². The van der Waals surface area contributed by atoms with Crippen molar-refractivity contribution < 1.29 is 20.1 Å². The molecule has 0 unspecified atom stereocenters. The van der Waals surface area contributed by atoms with E-state index in [1.165, 1.54) is 0 Å². The van der Waals surface area contributed by atoms with Gasteiger partial charge >= 0.3 is 0 Å². The summed E-state index contributed by atoms with van der Waals surface area (Å²) in [4.78, 5) is 12.2. The Balaban J connectivity index is 0.000000234. The molecule has 5 aromatic rings. The maximum Gasteiger partial charge on any atom is 0.236 e. The van der Waals surface area contributed by atoms with Crippen LogP contribution in [0.5, 0.6) is 0 Å². The Kier molecular flexibility index (Phi) is 9.38. The minimum atomic E-state index is 0. The van der Waals surface area contributed by atoms with Gasteiger partial charge in [0.05, 0.1) is 0 Å². The molecule has 0 atom stereocenters. The van der Waals surface area contributed by atoms with Gasteiger partial charge in [-0.1, -0.05) is 48.5 Å².